The molecule has 0 saturated carbocycles. The maximum absolute atomic E-state index is 12.9. The van der Waals surface area contributed by atoms with Gasteiger partial charge in [0.05, 0.1) is 11.6 Å². The van der Waals surface area contributed by atoms with Crippen LogP contribution in [0.3, 0.4) is 0 Å². The van der Waals surface area contributed by atoms with E-state index in [4.69, 9.17) is 4.74 Å². The molecule has 1 heterocycles. The van der Waals surface area contributed by atoms with Crippen molar-refractivity contribution < 1.29 is 14.3 Å². The van der Waals surface area contributed by atoms with E-state index in [1.165, 1.54) is 12.5 Å². The summed E-state index contributed by atoms with van der Waals surface area (Å²) in [6.07, 6.45) is 0. The van der Waals surface area contributed by atoms with Crippen molar-refractivity contribution in [1.82, 2.24) is 15.1 Å². The number of hydrogen-bond acceptors (Lipinski definition) is 6. The second-order valence-corrected chi connectivity index (χ2v) is 8.14. The number of likely N-dealkylation sites (N-methyl/N-ethyl adjacent to an activating group) is 1. The van der Waals surface area contributed by atoms with Crippen molar-refractivity contribution in [2.75, 3.05) is 58.8 Å². The molecule has 2 aromatic rings. The van der Waals surface area contributed by atoms with Gasteiger partial charge in [-0.15, -0.1) is 0 Å². The second kappa shape index (κ2) is 10.4. The molecular weight excluding hydrogens is 392 g/mol. The molecule has 1 fully saturated rings. The highest BCUT2D eigenvalue weighted by Gasteiger charge is 2.25. The predicted octanol–water partition coefficient (Wildman–Crippen LogP) is 2.40. The van der Waals surface area contributed by atoms with Gasteiger partial charge in [0.15, 0.2) is 0 Å². The van der Waals surface area contributed by atoms with Crippen LogP contribution in [0.1, 0.15) is 28.9 Å². The van der Waals surface area contributed by atoms with Gasteiger partial charge in [-0.25, -0.2) is 0 Å². The van der Waals surface area contributed by atoms with Crippen LogP contribution in [0.2, 0.25) is 0 Å². The van der Waals surface area contributed by atoms with E-state index >= 15 is 0 Å². The van der Waals surface area contributed by atoms with Gasteiger partial charge in [0.25, 0.3) is 5.91 Å². The molecule has 31 heavy (non-hydrogen) atoms. The molecule has 1 aliphatic heterocycles. The lowest BCUT2D eigenvalue weighted by Crippen LogP contribution is -2.48. The number of nitrogens with one attached hydrogen (secondary N) is 1. The number of para-hydroxylation sites is 1. The van der Waals surface area contributed by atoms with E-state index in [0.717, 1.165) is 31.9 Å². The summed E-state index contributed by atoms with van der Waals surface area (Å²) in [4.78, 5) is 31.1. The van der Waals surface area contributed by atoms with Gasteiger partial charge in [0.1, 0.15) is 5.75 Å². The van der Waals surface area contributed by atoms with E-state index in [0.29, 0.717) is 12.1 Å². The Balaban J connectivity index is 1.77. The first-order valence-corrected chi connectivity index (χ1v) is 10.6. The van der Waals surface area contributed by atoms with Gasteiger partial charge in [0.2, 0.25) is 0 Å². The molecule has 7 nitrogen and oxygen atoms in total. The molecule has 1 amide bonds. The quantitative estimate of drug-likeness (QED) is 0.544. The number of rotatable bonds is 7. The molecular formula is C24H32N4O3. The predicted molar refractivity (Wildman–Crippen MR) is 123 cm³/mol. The normalized spacial score (nSPS) is 15.9. The number of amides is 1. The van der Waals surface area contributed by atoms with Crippen LogP contribution in [0, 0.1) is 0 Å². The smallest absolute Gasteiger partial charge is 0.308 e. The van der Waals surface area contributed by atoms with E-state index in [2.05, 4.69) is 51.3 Å². The number of esters is 1. The Labute approximate surface area is 184 Å². The zero-order chi connectivity index (χ0) is 22.4. The highest BCUT2D eigenvalue weighted by Crippen LogP contribution is 2.25. The average molecular weight is 425 g/mol. The van der Waals surface area contributed by atoms with Gasteiger partial charge in [0, 0.05) is 59.4 Å². The Morgan fingerprint density at radius 2 is 1.68 bits per heavy atom. The van der Waals surface area contributed by atoms with Crippen molar-refractivity contribution in [1.29, 1.82) is 0 Å². The van der Waals surface area contributed by atoms with Gasteiger partial charge in [-0.2, -0.15) is 0 Å². The molecule has 0 bridgehead atoms. The molecule has 1 N–H and O–H groups in total. The first-order chi connectivity index (χ1) is 14.8. The van der Waals surface area contributed by atoms with Crippen LogP contribution in [0.5, 0.6) is 5.75 Å². The van der Waals surface area contributed by atoms with E-state index in [9.17, 15) is 9.59 Å². The van der Waals surface area contributed by atoms with Gasteiger partial charge in [-0.1, -0.05) is 24.3 Å². The monoisotopic (exact) mass is 424 g/mol. The topological polar surface area (TPSA) is 65.1 Å². The van der Waals surface area contributed by atoms with Crippen LogP contribution >= 0.6 is 0 Å². The van der Waals surface area contributed by atoms with Crippen LogP contribution in [0.25, 0.3) is 0 Å². The van der Waals surface area contributed by atoms with Crippen LogP contribution in [0.15, 0.2) is 48.5 Å². The number of nitrogens with zero attached hydrogens (tertiary/aromatic N) is 3. The summed E-state index contributed by atoms with van der Waals surface area (Å²) in [5.41, 5.74) is 2.67. The molecule has 0 radical (unpaired) electrons. The van der Waals surface area contributed by atoms with Crippen molar-refractivity contribution >= 4 is 17.6 Å². The lowest BCUT2D eigenvalue weighted by atomic mass is 10.0. The fourth-order valence-electron chi connectivity index (χ4n) is 3.77. The van der Waals surface area contributed by atoms with Crippen molar-refractivity contribution in [2.24, 2.45) is 0 Å². The molecule has 166 valence electrons. The van der Waals surface area contributed by atoms with Crippen LogP contribution < -0.4 is 15.0 Å². The number of ether oxygens (including phenoxy) is 1. The van der Waals surface area contributed by atoms with Crippen molar-refractivity contribution in [3.63, 3.8) is 0 Å². The number of anilines is 1. The van der Waals surface area contributed by atoms with Gasteiger partial charge >= 0.3 is 5.97 Å². The van der Waals surface area contributed by atoms with Gasteiger partial charge in [-0.3, -0.25) is 14.5 Å². The zero-order valence-corrected chi connectivity index (χ0v) is 18.8. The first kappa shape index (κ1) is 22.8. The van der Waals surface area contributed by atoms with E-state index in [-0.39, 0.29) is 17.7 Å². The summed E-state index contributed by atoms with van der Waals surface area (Å²) >= 11 is 0. The molecule has 0 unspecified atom stereocenters. The minimum atomic E-state index is -0.448. The number of carbonyl (C=O) groups is 2. The highest BCUT2D eigenvalue weighted by atomic mass is 16.5. The largest absolute Gasteiger partial charge is 0.426 e. The number of hydrogen-bond donors (Lipinski definition) is 1. The molecule has 3 rings (SSSR count). The zero-order valence-electron chi connectivity index (χ0n) is 18.8. The third-order valence-corrected chi connectivity index (χ3v) is 5.61. The molecule has 2 aromatic carbocycles. The first-order valence-electron chi connectivity index (χ1n) is 10.6. The minimum absolute atomic E-state index is 0.0646. The number of benzene rings is 2. The van der Waals surface area contributed by atoms with E-state index in [1.807, 2.05) is 14.1 Å². The molecule has 0 aliphatic carbocycles. The Morgan fingerprint density at radius 1 is 1.03 bits per heavy atom. The molecule has 7 heteroatoms. The average Bonchev–Trinajstić information content (AvgIpc) is 2.75. The summed E-state index contributed by atoms with van der Waals surface area (Å²) in [7, 11) is 6.17. The van der Waals surface area contributed by atoms with Gasteiger partial charge < -0.3 is 19.9 Å². The van der Waals surface area contributed by atoms with Gasteiger partial charge in [-0.05, 0) is 36.9 Å². The van der Waals surface area contributed by atoms with Crippen molar-refractivity contribution in [3.05, 3.63) is 59.7 Å². The standard InChI is InChI=1S/C24H32N4O3/c1-18(29)31-23-8-6-5-7-21(23)24(30)25-17-22(28-15-13-27(4)14-16-28)19-9-11-20(12-10-19)26(2)3/h5-12,22H,13-17H2,1-4H3,(H,25,30)/t22-/m1/s1. The molecule has 1 aliphatic rings. The van der Waals surface area contributed by atoms with Crippen LogP contribution in [-0.4, -0.2) is 75.5 Å². The Bertz CT molecular complexity index is 890. The van der Waals surface area contributed by atoms with Crippen molar-refractivity contribution in [2.45, 2.75) is 13.0 Å². The molecule has 0 aromatic heterocycles. The van der Waals surface area contributed by atoms with Crippen molar-refractivity contribution in [3.8, 4) is 5.75 Å². The van der Waals surface area contributed by atoms with Crippen LogP contribution in [-0.2, 0) is 4.79 Å². The van der Waals surface area contributed by atoms with E-state index in [1.54, 1.807) is 24.3 Å². The minimum Gasteiger partial charge on any atom is -0.426 e. The Morgan fingerprint density at radius 3 is 2.29 bits per heavy atom. The molecule has 0 spiro atoms. The summed E-state index contributed by atoms with van der Waals surface area (Å²) < 4.78 is 5.20. The fourth-order valence-corrected chi connectivity index (χ4v) is 3.77. The Hall–Kier alpha value is -2.90. The highest BCUT2D eigenvalue weighted by molar-refractivity contribution is 5.97. The summed E-state index contributed by atoms with van der Waals surface area (Å²) in [5, 5.41) is 3.06. The lowest BCUT2D eigenvalue weighted by molar-refractivity contribution is -0.131. The second-order valence-electron chi connectivity index (χ2n) is 8.14. The molecule has 1 saturated heterocycles. The molecule has 1 atom stereocenters. The summed E-state index contributed by atoms with van der Waals surface area (Å²) in [6.45, 7) is 5.67. The van der Waals surface area contributed by atoms with Crippen LogP contribution in [0.4, 0.5) is 5.69 Å². The SMILES string of the molecule is CC(=O)Oc1ccccc1C(=O)NC[C@H](c1ccc(N(C)C)cc1)N1CCN(C)CC1. The maximum atomic E-state index is 12.9. The fraction of sp³-hybridized carbons (Fsp3) is 0.417. The summed E-state index contributed by atoms with van der Waals surface area (Å²) in [6, 6.07) is 15.4. The maximum Gasteiger partial charge on any atom is 0.308 e. The Kier molecular flexibility index (Phi) is 7.65. The third kappa shape index (κ3) is 6.06. The van der Waals surface area contributed by atoms with E-state index < -0.39 is 5.97 Å². The summed E-state index contributed by atoms with van der Waals surface area (Å²) in [5.74, 6) is -0.420. The number of piperazine rings is 1. The third-order valence-electron chi connectivity index (χ3n) is 5.61. The lowest BCUT2D eigenvalue weighted by Gasteiger charge is -2.38. The number of carbonyl (C=O) groups excluding carboxylic acids is 2.